The number of ether oxygens (including phenoxy) is 1. The zero-order valence-electron chi connectivity index (χ0n) is 13.3. The van der Waals surface area contributed by atoms with Gasteiger partial charge in [-0.25, -0.2) is 13.1 Å². The highest BCUT2D eigenvalue weighted by molar-refractivity contribution is 7.89. The van der Waals surface area contributed by atoms with Gasteiger partial charge in [0.05, 0.1) is 11.0 Å². The van der Waals surface area contributed by atoms with E-state index in [4.69, 9.17) is 10.5 Å². The fourth-order valence-corrected chi connectivity index (χ4v) is 4.22. The summed E-state index contributed by atoms with van der Waals surface area (Å²) in [5.41, 5.74) is 5.77. The van der Waals surface area contributed by atoms with Crippen LogP contribution in [0.2, 0.25) is 0 Å². The van der Waals surface area contributed by atoms with E-state index in [1.54, 1.807) is 24.3 Å². The maximum Gasteiger partial charge on any atom is 0.240 e. The molecule has 1 aliphatic carbocycles. The van der Waals surface area contributed by atoms with Crippen LogP contribution in [-0.4, -0.2) is 27.1 Å². The standard InChI is InChI=1S/C16H26N2O3S/c1-12(2)21-14-7-9-15(10-8-14)22(19,20)18-16-6-4-3-5-13(16)11-17/h7-10,12-13,16,18H,3-6,11,17H2,1-2H3. The van der Waals surface area contributed by atoms with Crippen molar-refractivity contribution in [1.29, 1.82) is 0 Å². The van der Waals surface area contributed by atoms with E-state index in [1.165, 1.54) is 0 Å². The highest BCUT2D eigenvalue weighted by atomic mass is 32.2. The summed E-state index contributed by atoms with van der Waals surface area (Å²) in [5.74, 6) is 0.901. The maximum absolute atomic E-state index is 12.5. The SMILES string of the molecule is CC(C)Oc1ccc(S(=O)(=O)NC2CCCCC2CN)cc1. The molecule has 0 spiro atoms. The molecule has 0 heterocycles. The lowest BCUT2D eigenvalue weighted by Crippen LogP contribution is -2.44. The van der Waals surface area contributed by atoms with Crippen LogP contribution in [-0.2, 0) is 10.0 Å². The molecule has 1 aromatic carbocycles. The molecule has 1 fully saturated rings. The van der Waals surface area contributed by atoms with E-state index in [2.05, 4.69) is 4.72 Å². The molecule has 0 bridgehead atoms. The first-order chi connectivity index (χ1) is 10.4. The number of hydrogen-bond donors (Lipinski definition) is 2. The van der Waals surface area contributed by atoms with Crippen LogP contribution in [0.15, 0.2) is 29.2 Å². The van der Waals surface area contributed by atoms with E-state index in [-0.39, 0.29) is 23.0 Å². The molecule has 5 nitrogen and oxygen atoms in total. The van der Waals surface area contributed by atoms with Crippen molar-refractivity contribution in [2.45, 2.75) is 56.6 Å². The first kappa shape index (κ1) is 17.2. The second-order valence-electron chi connectivity index (χ2n) is 6.15. The number of rotatable bonds is 6. The number of sulfonamides is 1. The molecule has 1 aromatic rings. The van der Waals surface area contributed by atoms with E-state index < -0.39 is 10.0 Å². The van der Waals surface area contributed by atoms with Crippen LogP contribution in [0.1, 0.15) is 39.5 Å². The topological polar surface area (TPSA) is 81.4 Å². The molecule has 1 saturated carbocycles. The summed E-state index contributed by atoms with van der Waals surface area (Å²) in [6.45, 7) is 4.39. The molecule has 1 aliphatic rings. The summed E-state index contributed by atoms with van der Waals surface area (Å²) in [6.07, 6.45) is 4.08. The Labute approximate surface area is 133 Å². The monoisotopic (exact) mass is 326 g/mol. The van der Waals surface area contributed by atoms with Gasteiger partial charge >= 0.3 is 0 Å². The van der Waals surface area contributed by atoms with Gasteiger partial charge in [0.2, 0.25) is 10.0 Å². The third-order valence-corrected chi connectivity index (χ3v) is 5.53. The average molecular weight is 326 g/mol. The lowest BCUT2D eigenvalue weighted by Gasteiger charge is -2.31. The molecule has 2 atom stereocenters. The number of benzene rings is 1. The Bertz CT molecular complexity index is 570. The van der Waals surface area contributed by atoms with Crippen LogP contribution >= 0.6 is 0 Å². The summed E-state index contributed by atoms with van der Waals surface area (Å²) in [7, 11) is -3.51. The molecular weight excluding hydrogens is 300 g/mol. The van der Waals surface area contributed by atoms with Crippen LogP contribution in [0.25, 0.3) is 0 Å². The second kappa shape index (κ2) is 7.44. The Kier molecular flexibility index (Phi) is 5.83. The molecule has 0 amide bonds. The normalized spacial score (nSPS) is 22.7. The summed E-state index contributed by atoms with van der Waals surface area (Å²) in [6, 6.07) is 6.49. The van der Waals surface area contributed by atoms with E-state index in [0.717, 1.165) is 25.7 Å². The van der Waals surface area contributed by atoms with E-state index in [0.29, 0.717) is 12.3 Å². The van der Waals surface area contributed by atoms with Gasteiger partial charge in [-0.15, -0.1) is 0 Å². The highest BCUT2D eigenvalue weighted by Crippen LogP contribution is 2.25. The van der Waals surface area contributed by atoms with Crippen LogP contribution in [0.4, 0.5) is 0 Å². The van der Waals surface area contributed by atoms with Crippen molar-refractivity contribution in [3.8, 4) is 5.75 Å². The Morgan fingerprint density at radius 2 is 1.86 bits per heavy atom. The Morgan fingerprint density at radius 1 is 1.23 bits per heavy atom. The quantitative estimate of drug-likeness (QED) is 0.840. The highest BCUT2D eigenvalue weighted by Gasteiger charge is 2.28. The largest absolute Gasteiger partial charge is 0.491 e. The van der Waals surface area contributed by atoms with Gasteiger partial charge in [-0.2, -0.15) is 0 Å². The molecule has 0 saturated heterocycles. The van der Waals surface area contributed by atoms with Crippen molar-refractivity contribution in [1.82, 2.24) is 4.72 Å². The molecule has 0 aromatic heterocycles. The molecule has 6 heteroatoms. The van der Waals surface area contributed by atoms with Crippen molar-refractivity contribution in [3.05, 3.63) is 24.3 Å². The average Bonchev–Trinajstić information content (AvgIpc) is 2.47. The molecular formula is C16H26N2O3S. The van der Waals surface area contributed by atoms with Crippen molar-refractivity contribution < 1.29 is 13.2 Å². The first-order valence-corrected chi connectivity index (χ1v) is 9.40. The van der Waals surface area contributed by atoms with Crippen LogP contribution < -0.4 is 15.2 Å². The molecule has 0 aliphatic heterocycles. The zero-order valence-corrected chi connectivity index (χ0v) is 14.1. The van der Waals surface area contributed by atoms with Gasteiger partial charge in [-0.05, 0) is 63.4 Å². The van der Waals surface area contributed by atoms with Gasteiger partial charge in [0.25, 0.3) is 0 Å². The predicted octanol–water partition coefficient (Wildman–Crippen LogP) is 2.27. The third-order valence-electron chi connectivity index (χ3n) is 4.02. The van der Waals surface area contributed by atoms with Crippen molar-refractivity contribution in [2.24, 2.45) is 11.7 Å². The van der Waals surface area contributed by atoms with E-state index >= 15 is 0 Å². The zero-order chi connectivity index (χ0) is 16.2. The summed E-state index contributed by atoms with van der Waals surface area (Å²) in [5, 5.41) is 0. The van der Waals surface area contributed by atoms with Crippen molar-refractivity contribution in [3.63, 3.8) is 0 Å². The smallest absolute Gasteiger partial charge is 0.240 e. The number of nitrogens with one attached hydrogen (secondary N) is 1. The molecule has 124 valence electrons. The molecule has 3 N–H and O–H groups in total. The van der Waals surface area contributed by atoms with E-state index in [9.17, 15) is 8.42 Å². The lowest BCUT2D eigenvalue weighted by atomic mass is 9.85. The molecule has 2 unspecified atom stereocenters. The second-order valence-corrected chi connectivity index (χ2v) is 7.86. The summed E-state index contributed by atoms with van der Waals surface area (Å²) < 4.78 is 33.4. The van der Waals surface area contributed by atoms with Gasteiger partial charge in [-0.3, -0.25) is 0 Å². The van der Waals surface area contributed by atoms with Gasteiger partial charge < -0.3 is 10.5 Å². The van der Waals surface area contributed by atoms with Gasteiger partial charge in [0, 0.05) is 6.04 Å². The third kappa shape index (κ3) is 4.44. The predicted molar refractivity (Wildman–Crippen MR) is 87.3 cm³/mol. The Morgan fingerprint density at radius 3 is 2.45 bits per heavy atom. The summed E-state index contributed by atoms with van der Waals surface area (Å²) >= 11 is 0. The van der Waals surface area contributed by atoms with Crippen LogP contribution in [0, 0.1) is 5.92 Å². The maximum atomic E-state index is 12.5. The van der Waals surface area contributed by atoms with E-state index in [1.807, 2.05) is 13.8 Å². The summed E-state index contributed by atoms with van der Waals surface area (Å²) in [4.78, 5) is 0.268. The first-order valence-electron chi connectivity index (χ1n) is 7.91. The number of hydrogen-bond acceptors (Lipinski definition) is 4. The van der Waals surface area contributed by atoms with Gasteiger partial charge in [0.1, 0.15) is 5.75 Å². The molecule has 2 rings (SSSR count). The van der Waals surface area contributed by atoms with Gasteiger partial charge in [0.15, 0.2) is 0 Å². The fourth-order valence-electron chi connectivity index (χ4n) is 2.88. The van der Waals surface area contributed by atoms with Crippen LogP contribution in [0.5, 0.6) is 5.75 Å². The van der Waals surface area contributed by atoms with Crippen molar-refractivity contribution in [2.75, 3.05) is 6.54 Å². The Balaban J connectivity index is 2.09. The van der Waals surface area contributed by atoms with Gasteiger partial charge in [-0.1, -0.05) is 12.8 Å². The van der Waals surface area contributed by atoms with Crippen LogP contribution in [0.3, 0.4) is 0 Å². The lowest BCUT2D eigenvalue weighted by molar-refractivity contribution is 0.242. The minimum absolute atomic E-state index is 0.0599. The minimum atomic E-state index is -3.51. The van der Waals surface area contributed by atoms with Crippen molar-refractivity contribution >= 4 is 10.0 Å². The fraction of sp³-hybridized carbons (Fsp3) is 0.625. The molecule has 0 radical (unpaired) electrons. The number of nitrogens with two attached hydrogens (primary N) is 1. The molecule has 22 heavy (non-hydrogen) atoms. The Hall–Kier alpha value is -1.11. The minimum Gasteiger partial charge on any atom is -0.491 e.